The number of aromatic nitrogens is 2. The van der Waals surface area contributed by atoms with E-state index in [4.69, 9.17) is 0 Å². The third-order valence-corrected chi connectivity index (χ3v) is 5.52. The number of rotatable bonds is 4. The lowest BCUT2D eigenvalue weighted by atomic mass is 9.99. The predicted octanol–water partition coefficient (Wildman–Crippen LogP) is 3.62. The maximum Gasteiger partial charge on any atom is 0.232 e. The van der Waals surface area contributed by atoms with Crippen LogP contribution in [0.1, 0.15) is 37.8 Å². The van der Waals surface area contributed by atoms with Crippen molar-refractivity contribution in [2.75, 3.05) is 18.8 Å². The number of H-pyrrole nitrogens is 1. The Balaban J connectivity index is 1.55. The van der Waals surface area contributed by atoms with Gasteiger partial charge in [0.15, 0.2) is 0 Å². The fraction of sp³-hybridized carbons (Fsp3) is 0.529. The highest BCUT2D eigenvalue weighted by Gasteiger charge is 2.21. The Morgan fingerprint density at radius 2 is 2.14 bits per heavy atom. The summed E-state index contributed by atoms with van der Waals surface area (Å²) in [6.45, 7) is 6.20. The number of carbonyl (C=O) groups is 1. The molecule has 0 radical (unpaired) electrons. The van der Waals surface area contributed by atoms with Gasteiger partial charge in [-0.25, -0.2) is 4.98 Å². The molecular formula is C17H23N3OS. The molecule has 4 nitrogen and oxygen atoms in total. The molecule has 0 spiro atoms. The zero-order chi connectivity index (χ0) is 15.5. The number of thioether (sulfide) groups is 1. The summed E-state index contributed by atoms with van der Waals surface area (Å²) in [5.41, 5.74) is 2.04. The topological polar surface area (TPSA) is 49.0 Å². The Kier molecular flexibility index (Phi) is 4.71. The second-order valence-electron chi connectivity index (χ2n) is 6.16. The molecular weight excluding hydrogens is 294 g/mol. The van der Waals surface area contributed by atoms with Crippen molar-refractivity contribution in [3.05, 3.63) is 30.1 Å². The molecule has 2 heterocycles. The van der Waals surface area contributed by atoms with Crippen LogP contribution in [-0.4, -0.2) is 39.6 Å². The number of para-hydroxylation sites is 2. The maximum atomic E-state index is 12.3. The van der Waals surface area contributed by atoms with E-state index in [0.717, 1.165) is 48.7 Å². The quantitative estimate of drug-likeness (QED) is 0.937. The van der Waals surface area contributed by atoms with Crippen LogP contribution in [0, 0.1) is 5.92 Å². The Hall–Kier alpha value is -1.49. The van der Waals surface area contributed by atoms with Gasteiger partial charge >= 0.3 is 0 Å². The van der Waals surface area contributed by atoms with Crippen molar-refractivity contribution in [2.24, 2.45) is 5.92 Å². The largest absolute Gasteiger partial charge is 0.342 e. The normalized spacial score (nSPS) is 17.8. The van der Waals surface area contributed by atoms with Crippen LogP contribution in [0.5, 0.6) is 0 Å². The Labute approximate surface area is 135 Å². The van der Waals surface area contributed by atoms with Crippen molar-refractivity contribution in [3.8, 4) is 0 Å². The molecule has 1 saturated heterocycles. The Morgan fingerprint density at radius 1 is 1.41 bits per heavy atom. The molecule has 1 aromatic carbocycles. The summed E-state index contributed by atoms with van der Waals surface area (Å²) >= 11 is 1.66. The molecule has 1 fully saturated rings. The summed E-state index contributed by atoms with van der Waals surface area (Å²) in [6, 6.07) is 8.03. The standard InChI is InChI=1S/C17H23N3OS/c1-12-7-9-20(10-8-12)16(21)11-22-13(2)17-18-14-5-3-4-6-15(14)19-17/h3-6,12-13H,7-11H2,1-2H3,(H,18,19). The first-order chi connectivity index (χ1) is 10.6. The summed E-state index contributed by atoms with van der Waals surface area (Å²) in [7, 11) is 0. The number of piperidine rings is 1. The molecule has 22 heavy (non-hydrogen) atoms. The van der Waals surface area contributed by atoms with Gasteiger partial charge in [0, 0.05) is 13.1 Å². The number of nitrogens with one attached hydrogen (secondary N) is 1. The first kappa shape index (κ1) is 15.4. The van der Waals surface area contributed by atoms with E-state index in [2.05, 4.69) is 23.8 Å². The highest BCUT2D eigenvalue weighted by Crippen LogP contribution is 2.28. The average Bonchev–Trinajstić information content (AvgIpc) is 2.97. The second-order valence-corrected chi connectivity index (χ2v) is 7.48. The number of aromatic amines is 1. The molecule has 1 atom stereocenters. The van der Waals surface area contributed by atoms with E-state index in [0.29, 0.717) is 5.75 Å². The summed E-state index contributed by atoms with van der Waals surface area (Å²) in [5.74, 6) is 2.50. The highest BCUT2D eigenvalue weighted by molar-refractivity contribution is 8.00. The molecule has 1 amide bonds. The SMILES string of the molecule is CC1CCN(C(=O)CSC(C)c2nc3ccccc3[nH]2)CC1. The van der Waals surface area contributed by atoms with E-state index in [9.17, 15) is 4.79 Å². The lowest BCUT2D eigenvalue weighted by Crippen LogP contribution is -2.39. The van der Waals surface area contributed by atoms with Crippen molar-refractivity contribution in [1.82, 2.24) is 14.9 Å². The van der Waals surface area contributed by atoms with Crippen LogP contribution in [0.25, 0.3) is 11.0 Å². The van der Waals surface area contributed by atoms with Crippen LogP contribution in [-0.2, 0) is 4.79 Å². The van der Waals surface area contributed by atoms with Gasteiger partial charge in [-0.2, -0.15) is 0 Å². The third kappa shape index (κ3) is 3.46. The van der Waals surface area contributed by atoms with Crippen molar-refractivity contribution < 1.29 is 4.79 Å². The molecule has 1 N–H and O–H groups in total. The maximum absolute atomic E-state index is 12.3. The van der Waals surface area contributed by atoms with Crippen LogP contribution in [0.2, 0.25) is 0 Å². The van der Waals surface area contributed by atoms with E-state index in [1.54, 1.807) is 11.8 Å². The smallest absolute Gasteiger partial charge is 0.232 e. The molecule has 3 rings (SSSR count). The fourth-order valence-electron chi connectivity index (χ4n) is 2.79. The number of imidazole rings is 1. The lowest BCUT2D eigenvalue weighted by Gasteiger charge is -2.30. The van der Waals surface area contributed by atoms with Crippen LogP contribution in [0.15, 0.2) is 24.3 Å². The first-order valence-electron chi connectivity index (χ1n) is 7.97. The molecule has 1 aliphatic rings. The monoisotopic (exact) mass is 317 g/mol. The molecule has 1 aromatic heterocycles. The highest BCUT2D eigenvalue weighted by atomic mass is 32.2. The lowest BCUT2D eigenvalue weighted by molar-refractivity contribution is -0.129. The molecule has 0 saturated carbocycles. The molecule has 5 heteroatoms. The van der Waals surface area contributed by atoms with E-state index >= 15 is 0 Å². The minimum Gasteiger partial charge on any atom is -0.342 e. The summed E-state index contributed by atoms with van der Waals surface area (Å²) in [6.07, 6.45) is 2.27. The van der Waals surface area contributed by atoms with Gasteiger partial charge < -0.3 is 9.88 Å². The van der Waals surface area contributed by atoms with Gasteiger partial charge in [0.2, 0.25) is 5.91 Å². The molecule has 118 valence electrons. The Bertz CT molecular complexity index is 613. The second kappa shape index (κ2) is 6.73. The fourth-order valence-corrected chi connectivity index (χ4v) is 3.63. The Morgan fingerprint density at radius 3 is 2.86 bits per heavy atom. The summed E-state index contributed by atoms with van der Waals surface area (Å²) < 4.78 is 0. The number of nitrogens with zero attached hydrogens (tertiary/aromatic N) is 2. The number of hydrogen-bond donors (Lipinski definition) is 1. The number of amides is 1. The molecule has 0 aliphatic carbocycles. The number of carbonyl (C=O) groups excluding carboxylic acids is 1. The van der Waals surface area contributed by atoms with Gasteiger partial charge in [-0.15, -0.1) is 11.8 Å². The van der Waals surface area contributed by atoms with Gasteiger partial charge in [-0.1, -0.05) is 19.1 Å². The van der Waals surface area contributed by atoms with Gasteiger partial charge in [-0.05, 0) is 37.8 Å². The van der Waals surface area contributed by atoms with Crippen LogP contribution >= 0.6 is 11.8 Å². The van der Waals surface area contributed by atoms with Crippen molar-refractivity contribution in [3.63, 3.8) is 0 Å². The zero-order valence-electron chi connectivity index (χ0n) is 13.2. The average molecular weight is 317 g/mol. The number of hydrogen-bond acceptors (Lipinski definition) is 3. The van der Waals surface area contributed by atoms with Crippen LogP contribution in [0.4, 0.5) is 0 Å². The number of likely N-dealkylation sites (tertiary alicyclic amines) is 1. The first-order valence-corrected chi connectivity index (χ1v) is 9.02. The molecule has 1 aliphatic heterocycles. The van der Waals surface area contributed by atoms with Crippen LogP contribution < -0.4 is 0 Å². The van der Waals surface area contributed by atoms with Gasteiger partial charge in [0.25, 0.3) is 0 Å². The molecule has 0 bridgehead atoms. The molecule has 2 aromatic rings. The zero-order valence-corrected chi connectivity index (χ0v) is 14.0. The minimum atomic E-state index is 0.195. The molecule has 1 unspecified atom stereocenters. The van der Waals surface area contributed by atoms with Crippen LogP contribution in [0.3, 0.4) is 0 Å². The van der Waals surface area contributed by atoms with Gasteiger partial charge in [-0.3, -0.25) is 4.79 Å². The number of benzene rings is 1. The van der Waals surface area contributed by atoms with Gasteiger partial charge in [0.05, 0.1) is 22.0 Å². The van der Waals surface area contributed by atoms with Crippen molar-refractivity contribution in [2.45, 2.75) is 31.9 Å². The summed E-state index contributed by atoms with van der Waals surface area (Å²) in [4.78, 5) is 22.3. The summed E-state index contributed by atoms with van der Waals surface area (Å²) in [5, 5.41) is 0.195. The van der Waals surface area contributed by atoms with Crippen molar-refractivity contribution in [1.29, 1.82) is 0 Å². The van der Waals surface area contributed by atoms with E-state index in [-0.39, 0.29) is 11.2 Å². The van der Waals surface area contributed by atoms with E-state index < -0.39 is 0 Å². The van der Waals surface area contributed by atoms with E-state index in [1.807, 2.05) is 29.2 Å². The minimum absolute atomic E-state index is 0.195. The van der Waals surface area contributed by atoms with Crippen molar-refractivity contribution >= 4 is 28.7 Å². The predicted molar refractivity (Wildman–Crippen MR) is 91.9 cm³/mol. The van der Waals surface area contributed by atoms with E-state index in [1.165, 1.54) is 0 Å². The van der Waals surface area contributed by atoms with Gasteiger partial charge in [0.1, 0.15) is 5.82 Å². The number of fused-ring (bicyclic) bond motifs is 1. The third-order valence-electron chi connectivity index (χ3n) is 4.39.